The molecule has 19 heavy (non-hydrogen) atoms. The number of nitrogens with one attached hydrogen (secondary N) is 1. The van der Waals surface area contributed by atoms with Gasteiger partial charge >= 0.3 is 0 Å². The van der Waals surface area contributed by atoms with Gasteiger partial charge in [-0.15, -0.1) is 0 Å². The van der Waals surface area contributed by atoms with Gasteiger partial charge in [-0.2, -0.15) is 0 Å². The zero-order valence-electron chi connectivity index (χ0n) is 10.6. The first-order chi connectivity index (χ1) is 8.97. The first-order valence-electron chi connectivity index (χ1n) is 5.71. The van der Waals surface area contributed by atoms with Crippen molar-refractivity contribution in [1.82, 2.24) is 4.98 Å². The molecular weight excluding hydrogens is 264 g/mol. The lowest BCUT2D eigenvalue weighted by molar-refractivity contribution is 0.102. The molecular formula is C14H13ClN2O2. The van der Waals surface area contributed by atoms with Gasteiger partial charge in [0.05, 0.1) is 22.0 Å². The van der Waals surface area contributed by atoms with Gasteiger partial charge in [-0.05, 0) is 44.2 Å². The Kier molecular flexibility index (Phi) is 3.71. The van der Waals surface area contributed by atoms with Crippen LogP contribution in [0.1, 0.15) is 21.7 Å². The average Bonchev–Trinajstić information content (AvgIpc) is 2.35. The van der Waals surface area contributed by atoms with Crippen molar-refractivity contribution >= 4 is 23.2 Å². The van der Waals surface area contributed by atoms with E-state index in [4.69, 9.17) is 11.6 Å². The molecule has 5 heteroatoms. The minimum Gasteiger partial charge on any atom is -0.508 e. The van der Waals surface area contributed by atoms with E-state index in [0.29, 0.717) is 5.69 Å². The number of pyridine rings is 1. The zero-order chi connectivity index (χ0) is 14.0. The third-order valence-corrected chi connectivity index (χ3v) is 3.00. The summed E-state index contributed by atoms with van der Waals surface area (Å²) in [4.78, 5) is 16.4. The van der Waals surface area contributed by atoms with Crippen LogP contribution >= 0.6 is 11.6 Å². The largest absolute Gasteiger partial charge is 0.508 e. The van der Waals surface area contributed by atoms with Crippen molar-refractivity contribution in [3.8, 4) is 5.75 Å². The van der Waals surface area contributed by atoms with E-state index < -0.39 is 0 Å². The summed E-state index contributed by atoms with van der Waals surface area (Å²) < 4.78 is 0. The van der Waals surface area contributed by atoms with E-state index in [2.05, 4.69) is 10.3 Å². The summed E-state index contributed by atoms with van der Waals surface area (Å²) in [5.74, 6) is -0.386. The lowest BCUT2D eigenvalue weighted by Gasteiger charge is -2.09. The molecule has 1 amide bonds. The van der Waals surface area contributed by atoms with Gasteiger partial charge in [-0.3, -0.25) is 9.78 Å². The Morgan fingerprint density at radius 3 is 2.68 bits per heavy atom. The molecule has 0 bridgehead atoms. The van der Waals surface area contributed by atoms with Crippen molar-refractivity contribution in [2.75, 3.05) is 5.32 Å². The highest BCUT2D eigenvalue weighted by Gasteiger charge is 2.12. The molecule has 0 fully saturated rings. The van der Waals surface area contributed by atoms with Crippen molar-refractivity contribution in [2.24, 2.45) is 0 Å². The van der Waals surface area contributed by atoms with Crippen LogP contribution in [0.2, 0.25) is 5.02 Å². The molecule has 0 spiro atoms. The number of carbonyl (C=O) groups excluding carboxylic acids is 1. The number of halogens is 1. The van der Waals surface area contributed by atoms with Crippen molar-refractivity contribution in [3.05, 3.63) is 52.3 Å². The normalized spacial score (nSPS) is 10.3. The number of aromatic nitrogens is 1. The van der Waals surface area contributed by atoms with Gasteiger partial charge < -0.3 is 10.4 Å². The molecule has 0 aliphatic heterocycles. The summed E-state index contributed by atoms with van der Waals surface area (Å²) in [7, 11) is 0. The van der Waals surface area contributed by atoms with Gasteiger partial charge in [0.1, 0.15) is 5.75 Å². The van der Waals surface area contributed by atoms with Crippen LogP contribution in [0.5, 0.6) is 5.75 Å². The van der Waals surface area contributed by atoms with E-state index in [-0.39, 0.29) is 22.2 Å². The predicted octanol–water partition coefficient (Wildman–Crippen LogP) is 3.31. The lowest BCUT2D eigenvalue weighted by atomic mass is 10.2. The Bertz CT molecular complexity index is 641. The highest BCUT2D eigenvalue weighted by atomic mass is 35.5. The molecule has 1 aromatic carbocycles. The Morgan fingerprint density at radius 2 is 2.00 bits per heavy atom. The number of phenols is 1. The van der Waals surface area contributed by atoms with Gasteiger partial charge in [0.15, 0.2) is 0 Å². The molecule has 0 radical (unpaired) electrons. The van der Waals surface area contributed by atoms with Crippen LogP contribution in [0.25, 0.3) is 0 Å². The van der Waals surface area contributed by atoms with Crippen LogP contribution in [0.4, 0.5) is 5.69 Å². The fraction of sp³-hybridized carbons (Fsp3) is 0.143. The molecule has 0 aliphatic rings. The topological polar surface area (TPSA) is 62.2 Å². The van der Waals surface area contributed by atoms with Crippen LogP contribution in [-0.4, -0.2) is 16.0 Å². The van der Waals surface area contributed by atoms with E-state index in [0.717, 1.165) is 11.4 Å². The molecule has 1 aromatic heterocycles. The summed E-state index contributed by atoms with van der Waals surface area (Å²) in [5.41, 5.74) is 2.45. The summed E-state index contributed by atoms with van der Waals surface area (Å²) in [6.45, 7) is 3.69. The highest BCUT2D eigenvalue weighted by Crippen LogP contribution is 2.23. The maximum absolute atomic E-state index is 12.1. The number of rotatable bonds is 2. The average molecular weight is 277 g/mol. The monoisotopic (exact) mass is 276 g/mol. The first-order valence-corrected chi connectivity index (χ1v) is 6.09. The summed E-state index contributed by atoms with van der Waals surface area (Å²) in [5, 5.41) is 12.4. The number of hydrogen-bond donors (Lipinski definition) is 2. The molecule has 0 saturated carbocycles. The van der Waals surface area contributed by atoms with Crippen molar-refractivity contribution in [1.29, 1.82) is 0 Å². The number of aromatic hydroxyl groups is 1. The molecule has 0 atom stereocenters. The smallest absolute Gasteiger partial charge is 0.257 e. The summed E-state index contributed by atoms with van der Waals surface area (Å²) >= 11 is 5.93. The number of benzene rings is 1. The Morgan fingerprint density at radius 1 is 1.26 bits per heavy atom. The fourth-order valence-corrected chi connectivity index (χ4v) is 1.90. The van der Waals surface area contributed by atoms with Crippen molar-refractivity contribution < 1.29 is 9.90 Å². The van der Waals surface area contributed by atoms with Crippen LogP contribution < -0.4 is 5.32 Å². The third kappa shape index (κ3) is 3.03. The highest BCUT2D eigenvalue weighted by molar-refractivity contribution is 6.34. The van der Waals surface area contributed by atoms with E-state index >= 15 is 0 Å². The quantitative estimate of drug-likeness (QED) is 0.884. The molecule has 2 rings (SSSR count). The SMILES string of the molecule is Cc1ccc(NC(=O)c2cc(O)ccc2Cl)c(C)n1. The van der Waals surface area contributed by atoms with Gasteiger partial charge in [0.25, 0.3) is 5.91 Å². The molecule has 2 N–H and O–H groups in total. The van der Waals surface area contributed by atoms with E-state index in [1.807, 2.05) is 19.9 Å². The maximum Gasteiger partial charge on any atom is 0.257 e. The lowest BCUT2D eigenvalue weighted by Crippen LogP contribution is -2.13. The molecule has 0 unspecified atom stereocenters. The fourth-order valence-electron chi connectivity index (χ4n) is 1.70. The summed E-state index contributed by atoms with van der Waals surface area (Å²) in [6.07, 6.45) is 0. The number of anilines is 1. The Balaban J connectivity index is 2.28. The Labute approximate surface area is 116 Å². The van der Waals surface area contributed by atoms with Gasteiger partial charge in [0.2, 0.25) is 0 Å². The van der Waals surface area contributed by atoms with Crippen LogP contribution in [0.15, 0.2) is 30.3 Å². The first kappa shape index (κ1) is 13.4. The van der Waals surface area contributed by atoms with Crippen molar-refractivity contribution in [2.45, 2.75) is 13.8 Å². The summed E-state index contributed by atoms with van der Waals surface area (Å²) in [6, 6.07) is 7.83. The third-order valence-electron chi connectivity index (χ3n) is 2.67. The van der Waals surface area contributed by atoms with Crippen LogP contribution in [-0.2, 0) is 0 Å². The number of nitrogens with zero attached hydrogens (tertiary/aromatic N) is 1. The van der Waals surface area contributed by atoms with Gasteiger partial charge in [-0.25, -0.2) is 0 Å². The number of aryl methyl sites for hydroxylation is 2. The van der Waals surface area contributed by atoms with E-state index in [1.54, 1.807) is 6.07 Å². The van der Waals surface area contributed by atoms with Gasteiger partial charge in [-0.1, -0.05) is 11.6 Å². The Hall–Kier alpha value is -2.07. The van der Waals surface area contributed by atoms with Crippen LogP contribution in [0.3, 0.4) is 0 Å². The number of amides is 1. The molecule has 98 valence electrons. The standard InChI is InChI=1S/C14H13ClN2O2/c1-8-3-6-13(9(2)16-8)17-14(19)11-7-10(18)4-5-12(11)15/h3-7,18H,1-2H3,(H,17,19). The molecule has 1 heterocycles. The second-order valence-corrected chi connectivity index (χ2v) is 4.61. The molecule has 2 aromatic rings. The number of carbonyl (C=O) groups is 1. The van der Waals surface area contributed by atoms with Gasteiger partial charge in [0, 0.05) is 5.69 Å². The number of phenolic OH excluding ortho intramolecular Hbond substituents is 1. The second-order valence-electron chi connectivity index (χ2n) is 4.20. The van der Waals surface area contributed by atoms with E-state index in [9.17, 15) is 9.90 Å². The molecule has 4 nitrogen and oxygen atoms in total. The maximum atomic E-state index is 12.1. The molecule has 0 saturated heterocycles. The van der Waals surface area contributed by atoms with Crippen molar-refractivity contribution in [3.63, 3.8) is 0 Å². The minimum absolute atomic E-state index is 0.00620. The van der Waals surface area contributed by atoms with Crippen LogP contribution in [0, 0.1) is 13.8 Å². The second kappa shape index (κ2) is 5.28. The molecule has 0 aliphatic carbocycles. The predicted molar refractivity (Wildman–Crippen MR) is 74.8 cm³/mol. The zero-order valence-corrected chi connectivity index (χ0v) is 11.3. The minimum atomic E-state index is -0.380. The van der Waals surface area contributed by atoms with E-state index in [1.165, 1.54) is 18.2 Å². The number of hydrogen-bond acceptors (Lipinski definition) is 3.